The number of hydrogen-bond acceptors (Lipinski definition) is 2. The van der Waals surface area contributed by atoms with Crippen molar-refractivity contribution in [3.8, 4) is 0 Å². The molecule has 3 atom stereocenters. The lowest BCUT2D eigenvalue weighted by molar-refractivity contribution is 0.499. The molecule has 0 aliphatic carbocycles. The van der Waals surface area contributed by atoms with Gasteiger partial charge in [-0.05, 0) is 43.9 Å². The Bertz CT molecular complexity index is 316. The number of nitrogens with one attached hydrogen (secondary N) is 1. The van der Waals surface area contributed by atoms with E-state index in [1.807, 2.05) is 7.05 Å². The van der Waals surface area contributed by atoms with Gasteiger partial charge in [-0.15, -0.1) is 0 Å². The molecule has 0 fully saturated rings. The van der Waals surface area contributed by atoms with E-state index in [1.54, 1.807) is 0 Å². The standard InChI is InChI=1S/C15H26N2/c1-5-11(2)13-6-8-14(9-7-13)15(17-4)10-12(3)16/h6-9,11-12,15,17H,5,10,16H2,1-4H3. The number of benzene rings is 1. The van der Waals surface area contributed by atoms with Gasteiger partial charge in [0.2, 0.25) is 0 Å². The van der Waals surface area contributed by atoms with Crippen LogP contribution in [0.2, 0.25) is 0 Å². The van der Waals surface area contributed by atoms with E-state index in [2.05, 4.69) is 50.4 Å². The normalized spacial score (nSPS) is 16.5. The lowest BCUT2D eigenvalue weighted by atomic mass is 9.94. The van der Waals surface area contributed by atoms with Crippen LogP contribution in [0, 0.1) is 0 Å². The third-order valence-electron chi connectivity index (χ3n) is 3.48. The molecule has 0 saturated carbocycles. The molecular formula is C15H26N2. The van der Waals surface area contributed by atoms with Gasteiger partial charge in [0.1, 0.15) is 0 Å². The lowest BCUT2D eigenvalue weighted by Gasteiger charge is -2.19. The van der Waals surface area contributed by atoms with Crippen molar-refractivity contribution in [3.63, 3.8) is 0 Å². The highest BCUT2D eigenvalue weighted by molar-refractivity contribution is 5.27. The van der Waals surface area contributed by atoms with E-state index in [0.717, 1.165) is 6.42 Å². The van der Waals surface area contributed by atoms with Gasteiger partial charge in [0.05, 0.1) is 0 Å². The SMILES string of the molecule is CCC(C)c1ccc(C(CC(C)N)NC)cc1. The Hall–Kier alpha value is -0.860. The van der Waals surface area contributed by atoms with Crippen molar-refractivity contribution in [2.24, 2.45) is 5.73 Å². The molecule has 0 radical (unpaired) electrons. The largest absolute Gasteiger partial charge is 0.328 e. The molecule has 1 rings (SSSR count). The summed E-state index contributed by atoms with van der Waals surface area (Å²) < 4.78 is 0. The van der Waals surface area contributed by atoms with Gasteiger partial charge in [0.15, 0.2) is 0 Å². The van der Waals surface area contributed by atoms with Crippen LogP contribution in [-0.2, 0) is 0 Å². The van der Waals surface area contributed by atoms with E-state index in [1.165, 1.54) is 17.5 Å². The van der Waals surface area contributed by atoms with Crippen LogP contribution in [0.4, 0.5) is 0 Å². The summed E-state index contributed by atoms with van der Waals surface area (Å²) in [6, 6.07) is 9.53. The minimum Gasteiger partial charge on any atom is -0.328 e. The lowest BCUT2D eigenvalue weighted by Crippen LogP contribution is -2.25. The molecule has 0 aliphatic heterocycles. The molecule has 96 valence electrons. The van der Waals surface area contributed by atoms with Crippen molar-refractivity contribution in [3.05, 3.63) is 35.4 Å². The summed E-state index contributed by atoms with van der Waals surface area (Å²) in [5, 5.41) is 3.33. The Labute approximate surface area is 106 Å². The summed E-state index contributed by atoms with van der Waals surface area (Å²) in [7, 11) is 2.00. The van der Waals surface area contributed by atoms with Gasteiger partial charge in [0.25, 0.3) is 0 Å². The predicted octanol–water partition coefficient (Wildman–Crippen LogP) is 3.20. The van der Waals surface area contributed by atoms with Crippen LogP contribution in [0.15, 0.2) is 24.3 Å². The first-order valence-electron chi connectivity index (χ1n) is 6.61. The minimum atomic E-state index is 0.224. The van der Waals surface area contributed by atoms with E-state index in [-0.39, 0.29) is 6.04 Å². The molecule has 2 heteroatoms. The predicted molar refractivity (Wildman–Crippen MR) is 75.2 cm³/mol. The zero-order valence-electron chi connectivity index (χ0n) is 11.5. The molecule has 0 heterocycles. The van der Waals surface area contributed by atoms with Crippen molar-refractivity contribution in [1.29, 1.82) is 0 Å². The Morgan fingerprint density at radius 3 is 2.06 bits per heavy atom. The summed E-state index contributed by atoms with van der Waals surface area (Å²) in [5.74, 6) is 0.644. The molecule has 0 amide bonds. The van der Waals surface area contributed by atoms with E-state index < -0.39 is 0 Å². The maximum absolute atomic E-state index is 5.87. The van der Waals surface area contributed by atoms with Crippen LogP contribution in [0.3, 0.4) is 0 Å². The molecule has 0 bridgehead atoms. The van der Waals surface area contributed by atoms with Crippen molar-refractivity contribution in [2.75, 3.05) is 7.05 Å². The topological polar surface area (TPSA) is 38.0 Å². The average molecular weight is 234 g/mol. The molecule has 0 saturated heterocycles. The molecule has 17 heavy (non-hydrogen) atoms. The van der Waals surface area contributed by atoms with Crippen LogP contribution in [0.1, 0.15) is 56.7 Å². The fourth-order valence-electron chi connectivity index (χ4n) is 2.08. The molecule has 1 aromatic carbocycles. The Morgan fingerprint density at radius 2 is 1.65 bits per heavy atom. The molecule has 0 spiro atoms. The van der Waals surface area contributed by atoms with Crippen molar-refractivity contribution in [2.45, 2.75) is 51.6 Å². The molecule has 3 N–H and O–H groups in total. The first-order chi connectivity index (χ1) is 8.08. The third kappa shape index (κ3) is 4.14. The van der Waals surface area contributed by atoms with Gasteiger partial charge in [-0.1, -0.05) is 38.1 Å². The second-order valence-corrected chi connectivity index (χ2v) is 5.03. The van der Waals surface area contributed by atoms with Crippen LogP contribution >= 0.6 is 0 Å². The van der Waals surface area contributed by atoms with Gasteiger partial charge in [-0.25, -0.2) is 0 Å². The Morgan fingerprint density at radius 1 is 1.12 bits per heavy atom. The van der Waals surface area contributed by atoms with Crippen LogP contribution < -0.4 is 11.1 Å². The van der Waals surface area contributed by atoms with Crippen LogP contribution in [0.25, 0.3) is 0 Å². The maximum atomic E-state index is 5.87. The molecule has 3 unspecified atom stereocenters. The van der Waals surface area contributed by atoms with E-state index in [9.17, 15) is 0 Å². The van der Waals surface area contributed by atoms with Crippen molar-refractivity contribution in [1.82, 2.24) is 5.32 Å². The first kappa shape index (κ1) is 14.2. The summed E-state index contributed by atoms with van der Waals surface area (Å²) in [5.41, 5.74) is 8.62. The molecule has 2 nitrogen and oxygen atoms in total. The highest BCUT2D eigenvalue weighted by atomic mass is 14.9. The highest BCUT2D eigenvalue weighted by Gasteiger charge is 2.11. The number of rotatable bonds is 6. The van der Waals surface area contributed by atoms with Gasteiger partial charge < -0.3 is 11.1 Å². The number of nitrogens with two attached hydrogens (primary N) is 1. The molecule has 0 aliphatic rings. The quantitative estimate of drug-likeness (QED) is 0.793. The Kier molecular flexibility index (Phi) is 5.66. The monoisotopic (exact) mass is 234 g/mol. The molecular weight excluding hydrogens is 208 g/mol. The average Bonchev–Trinajstić information content (AvgIpc) is 2.35. The van der Waals surface area contributed by atoms with Crippen molar-refractivity contribution < 1.29 is 0 Å². The maximum Gasteiger partial charge on any atom is 0.0332 e. The first-order valence-corrected chi connectivity index (χ1v) is 6.61. The van der Waals surface area contributed by atoms with E-state index in [0.29, 0.717) is 12.0 Å². The Balaban J connectivity index is 2.77. The van der Waals surface area contributed by atoms with Crippen molar-refractivity contribution >= 4 is 0 Å². The minimum absolute atomic E-state index is 0.224. The molecule has 0 aromatic heterocycles. The van der Waals surface area contributed by atoms with Gasteiger partial charge >= 0.3 is 0 Å². The van der Waals surface area contributed by atoms with Gasteiger partial charge in [0, 0.05) is 12.1 Å². The summed E-state index contributed by atoms with van der Waals surface area (Å²) in [4.78, 5) is 0. The fourth-order valence-corrected chi connectivity index (χ4v) is 2.08. The summed E-state index contributed by atoms with van der Waals surface area (Å²) in [6.45, 7) is 6.55. The zero-order chi connectivity index (χ0) is 12.8. The van der Waals surface area contributed by atoms with Crippen LogP contribution in [0.5, 0.6) is 0 Å². The number of hydrogen-bond donors (Lipinski definition) is 2. The van der Waals surface area contributed by atoms with Crippen LogP contribution in [-0.4, -0.2) is 13.1 Å². The third-order valence-corrected chi connectivity index (χ3v) is 3.48. The second-order valence-electron chi connectivity index (χ2n) is 5.03. The van der Waals surface area contributed by atoms with E-state index >= 15 is 0 Å². The van der Waals surface area contributed by atoms with Gasteiger partial charge in [-0.3, -0.25) is 0 Å². The second kappa shape index (κ2) is 6.77. The van der Waals surface area contributed by atoms with Gasteiger partial charge in [-0.2, -0.15) is 0 Å². The fraction of sp³-hybridized carbons (Fsp3) is 0.600. The highest BCUT2D eigenvalue weighted by Crippen LogP contribution is 2.23. The zero-order valence-corrected chi connectivity index (χ0v) is 11.5. The molecule has 1 aromatic rings. The smallest absolute Gasteiger partial charge is 0.0332 e. The van der Waals surface area contributed by atoms with E-state index in [4.69, 9.17) is 5.73 Å². The summed E-state index contributed by atoms with van der Waals surface area (Å²) >= 11 is 0. The summed E-state index contributed by atoms with van der Waals surface area (Å²) in [6.07, 6.45) is 2.16.